The molecule has 0 aliphatic heterocycles. The van der Waals surface area contributed by atoms with Gasteiger partial charge in [0.05, 0.1) is 5.92 Å². The van der Waals surface area contributed by atoms with Gasteiger partial charge in [-0.2, -0.15) is 0 Å². The van der Waals surface area contributed by atoms with Crippen LogP contribution < -0.4 is 11.1 Å². The summed E-state index contributed by atoms with van der Waals surface area (Å²) in [4.78, 5) is 36.7. The SMILES string of the molecule is C[C@@](Cc1ccccc1)(NC(=O)[C@H](Cc1ccccc1)CP(=O)(O)[C@@H]([NH3+])Cc1ccccc1)C(=O)O. The van der Waals surface area contributed by atoms with Crippen LogP contribution in [0.15, 0.2) is 91.0 Å². The molecule has 1 amide bonds. The van der Waals surface area contributed by atoms with E-state index < -0.39 is 36.5 Å². The van der Waals surface area contributed by atoms with Crippen LogP contribution in [0.5, 0.6) is 0 Å². The number of nitrogens with one attached hydrogen (secondary N) is 1. The van der Waals surface area contributed by atoms with Crippen LogP contribution in [0.25, 0.3) is 0 Å². The molecular formula is C28H34N2O5P+. The Morgan fingerprint density at radius 3 is 1.78 bits per heavy atom. The van der Waals surface area contributed by atoms with Crippen molar-refractivity contribution in [2.24, 2.45) is 5.92 Å². The Kier molecular flexibility index (Phi) is 9.21. The highest BCUT2D eigenvalue weighted by Gasteiger charge is 2.41. The lowest BCUT2D eigenvalue weighted by Crippen LogP contribution is -2.62. The molecule has 6 N–H and O–H groups in total. The number of carbonyl (C=O) groups is 2. The lowest BCUT2D eigenvalue weighted by molar-refractivity contribution is -0.391. The largest absolute Gasteiger partial charge is 0.480 e. The first-order valence-corrected chi connectivity index (χ1v) is 13.8. The second-order valence-electron chi connectivity index (χ2n) is 9.46. The van der Waals surface area contributed by atoms with Crippen LogP contribution in [-0.4, -0.2) is 39.4 Å². The van der Waals surface area contributed by atoms with Gasteiger partial charge >= 0.3 is 5.97 Å². The Balaban J connectivity index is 1.82. The van der Waals surface area contributed by atoms with Crippen LogP contribution in [0.3, 0.4) is 0 Å². The predicted octanol–water partition coefficient (Wildman–Crippen LogP) is 3.13. The van der Waals surface area contributed by atoms with Crippen molar-refractivity contribution >= 4 is 19.2 Å². The van der Waals surface area contributed by atoms with E-state index in [1.807, 2.05) is 66.7 Å². The highest BCUT2D eigenvalue weighted by Crippen LogP contribution is 2.46. The van der Waals surface area contributed by atoms with E-state index >= 15 is 0 Å². The summed E-state index contributed by atoms with van der Waals surface area (Å²) in [5.41, 5.74) is 4.83. The van der Waals surface area contributed by atoms with E-state index in [0.717, 1.165) is 16.7 Å². The fourth-order valence-corrected chi connectivity index (χ4v) is 5.90. The molecule has 0 saturated carbocycles. The lowest BCUT2D eigenvalue weighted by Gasteiger charge is -2.30. The summed E-state index contributed by atoms with van der Waals surface area (Å²) < 4.78 is 13.4. The molecule has 0 saturated heterocycles. The minimum Gasteiger partial charge on any atom is -0.480 e. The van der Waals surface area contributed by atoms with Gasteiger partial charge in [0.15, 0.2) is 5.78 Å². The number of carbonyl (C=O) groups excluding carboxylic acids is 1. The summed E-state index contributed by atoms with van der Waals surface area (Å²) in [6, 6.07) is 27.6. The first-order valence-electron chi connectivity index (χ1n) is 11.9. The van der Waals surface area contributed by atoms with Crippen LogP contribution in [0.1, 0.15) is 23.6 Å². The van der Waals surface area contributed by atoms with Crippen molar-refractivity contribution in [3.05, 3.63) is 108 Å². The molecule has 0 aliphatic carbocycles. The molecule has 4 atom stereocenters. The number of rotatable bonds is 12. The first-order chi connectivity index (χ1) is 17.1. The maximum atomic E-state index is 13.5. The fourth-order valence-electron chi connectivity index (χ4n) is 4.18. The number of carboxylic acid groups (broad SMARTS) is 1. The smallest absolute Gasteiger partial charge is 0.329 e. The van der Waals surface area contributed by atoms with Crippen molar-refractivity contribution in [2.45, 2.75) is 37.5 Å². The molecule has 0 spiro atoms. The maximum Gasteiger partial charge on any atom is 0.329 e. The lowest BCUT2D eigenvalue weighted by atomic mass is 9.91. The molecule has 8 heteroatoms. The van der Waals surface area contributed by atoms with Crippen LogP contribution in [0.2, 0.25) is 0 Å². The van der Waals surface area contributed by atoms with Gasteiger partial charge in [0, 0.05) is 19.0 Å². The van der Waals surface area contributed by atoms with E-state index in [0.29, 0.717) is 6.42 Å². The molecule has 0 aromatic heterocycles. The second kappa shape index (κ2) is 12.1. The van der Waals surface area contributed by atoms with Crippen molar-refractivity contribution in [2.75, 3.05) is 6.16 Å². The fraction of sp³-hybridized carbons (Fsp3) is 0.286. The van der Waals surface area contributed by atoms with Crippen LogP contribution in [-0.2, 0) is 33.4 Å². The van der Waals surface area contributed by atoms with Gasteiger partial charge in [-0.25, -0.2) is 4.79 Å². The summed E-state index contributed by atoms with van der Waals surface area (Å²) in [7, 11) is -3.87. The van der Waals surface area contributed by atoms with E-state index in [4.69, 9.17) is 0 Å². The van der Waals surface area contributed by atoms with E-state index in [9.17, 15) is 24.2 Å². The summed E-state index contributed by atoms with van der Waals surface area (Å²) in [5.74, 6) is -3.45. The third kappa shape index (κ3) is 7.62. The quantitative estimate of drug-likeness (QED) is 0.279. The van der Waals surface area contributed by atoms with E-state index in [2.05, 4.69) is 11.1 Å². The van der Waals surface area contributed by atoms with Crippen molar-refractivity contribution < 1.29 is 29.9 Å². The molecule has 1 unspecified atom stereocenters. The van der Waals surface area contributed by atoms with Crippen molar-refractivity contribution in [3.63, 3.8) is 0 Å². The average Bonchev–Trinajstić information content (AvgIpc) is 2.85. The molecule has 3 aromatic carbocycles. The number of aliphatic carboxylic acids is 1. The van der Waals surface area contributed by atoms with E-state index in [1.165, 1.54) is 6.92 Å². The number of hydrogen-bond donors (Lipinski definition) is 4. The van der Waals surface area contributed by atoms with Gasteiger partial charge in [-0.15, -0.1) is 0 Å². The molecule has 36 heavy (non-hydrogen) atoms. The minimum atomic E-state index is -3.87. The average molecular weight is 510 g/mol. The molecule has 0 aliphatic rings. The van der Waals surface area contributed by atoms with Gasteiger partial charge in [-0.05, 0) is 30.0 Å². The Hall–Kier alpha value is -3.25. The molecule has 0 radical (unpaired) electrons. The minimum absolute atomic E-state index is 0.0791. The molecule has 3 aromatic rings. The van der Waals surface area contributed by atoms with Gasteiger partial charge in [-0.1, -0.05) is 91.0 Å². The van der Waals surface area contributed by atoms with E-state index in [-0.39, 0.29) is 19.0 Å². The molecule has 0 fully saturated rings. The summed E-state index contributed by atoms with van der Waals surface area (Å²) in [6.45, 7) is 1.46. The third-order valence-corrected chi connectivity index (χ3v) is 8.62. The standard InChI is InChI=1S/C28H33N2O5P/c1-28(27(32)33,19-23-15-9-4-10-16-23)30-26(31)24(17-21-11-5-2-6-12-21)20-36(34,35)25(29)18-22-13-7-3-8-14-22/h2-16,24-25H,17-20,29H2,1H3,(H,30,31)(H,32,33)(H,34,35)/p+1/t24-,25-,28+/m1/s1. The highest BCUT2D eigenvalue weighted by molar-refractivity contribution is 7.58. The Morgan fingerprint density at radius 1 is 0.861 bits per heavy atom. The summed E-state index contributed by atoms with van der Waals surface area (Å²) in [5, 5.41) is 12.7. The normalized spacial score (nSPS) is 16.2. The number of benzene rings is 3. The second-order valence-corrected chi connectivity index (χ2v) is 12.1. The Morgan fingerprint density at radius 2 is 1.31 bits per heavy atom. The van der Waals surface area contributed by atoms with Gasteiger partial charge in [0.1, 0.15) is 5.54 Å². The van der Waals surface area contributed by atoms with Crippen molar-refractivity contribution in [3.8, 4) is 0 Å². The van der Waals surface area contributed by atoms with Crippen molar-refractivity contribution in [1.82, 2.24) is 5.32 Å². The number of amides is 1. The van der Waals surface area contributed by atoms with Crippen molar-refractivity contribution in [1.29, 1.82) is 0 Å². The molecular weight excluding hydrogens is 475 g/mol. The zero-order chi connectivity index (χ0) is 26.2. The molecule has 3 rings (SSSR count). The van der Waals surface area contributed by atoms with Crippen LogP contribution in [0.4, 0.5) is 0 Å². The van der Waals surface area contributed by atoms with Gasteiger partial charge < -0.3 is 21.1 Å². The molecule has 190 valence electrons. The molecule has 7 nitrogen and oxygen atoms in total. The zero-order valence-electron chi connectivity index (χ0n) is 20.4. The van der Waals surface area contributed by atoms with Gasteiger partial charge in [0.25, 0.3) is 7.37 Å². The number of hydrogen-bond acceptors (Lipinski definition) is 3. The topological polar surface area (TPSA) is 131 Å². The van der Waals surface area contributed by atoms with E-state index in [1.54, 1.807) is 24.3 Å². The first kappa shape index (κ1) is 27.3. The maximum absolute atomic E-state index is 13.5. The Bertz CT molecular complexity index is 1190. The van der Waals surface area contributed by atoms with Crippen LogP contribution >= 0.6 is 7.37 Å². The predicted molar refractivity (Wildman–Crippen MR) is 139 cm³/mol. The highest BCUT2D eigenvalue weighted by atomic mass is 31.2. The van der Waals surface area contributed by atoms with Crippen LogP contribution in [0, 0.1) is 5.92 Å². The monoisotopic (exact) mass is 509 g/mol. The molecule has 0 bridgehead atoms. The molecule has 0 heterocycles. The third-order valence-electron chi connectivity index (χ3n) is 6.33. The zero-order valence-corrected chi connectivity index (χ0v) is 21.3. The Labute approximate surface area is 211 Å². The van der Waals surface area contributed by atoms with Gasteiger partial charge in [0.2, 0.25) is 5.91 Å². The number of carboxylic acids is 1. The number of quaternary nitrogens is 1. The summed E-state index contributed by atoms with van der Waals surface area (Å²) >= 11 is 0. The summed E-state index contributed by atoms with van der Waals surface area (Å²) in [6.07, 6.45) is 0.289. The van der Waals surface area contributed by atoms with Gasteiger partial charge in [-0.3, -0.25) is 9.36 Å².